The summed E-state index contributed by atoms with van der Waals surface area (Å²) in [5, 5.41) is 0. The molecule has 0 amide bonds. The molecule has 0 nitrogen and oxygen atoms in total. The number of thiophene rings is 1. The lowest BCUT2D eigenvalue weighted by Crippen LogP contribution is -1.83. The first-order valence-electron chi connectivity index (χ1n) is 11.6. The molecule has 0 unspecified atom stereocenters. The number of unbranched alkanes of at least 4 members (excludes halogenated alkanes) is 3. The van der Waals surface area contributed by atoms with Crippen LogP contribution in [0.15, 0.2) is 87.1 Å². The van der Waals surface area contributed by atoms with Crippen LogP contribution < -0.4 is 0 Å². The van der Waals surface area contributed by atoms with Crippen LogP contribution in [0.4, 0.5) is 0 Å². The highest BCUT2D eigenvalue weighted by Gasteiger charge is 2.08. The fraction of sp³-hybridized carbons (Fsp3) is 0.267. The van der Waals surface area contributed by atoms with Crippen molar-refractivity contribution >= 4 is 43.2 Å². The molecule has 0 spiro atoms. The van der Waals surface area contributed by atoms with Crippen molar-refractivity contribution in [3.05, 3.63) is 104 Å². The predicted octanol–water partition coefficient (Wildman–Crippen LogP) is 11.0. The number of aryl methyl sites for hydroxylation is 3. The van der Waals surface area contributed by atoms with Gasteiger partial charge in [-0.2, -0.15) is 0 Å². The Hall–Kier alpha value is -1.68. The van der Waals surface area contributed by atoms with E-state index in [2.05, 4.69) is 125 Å². The second-order valence-corrected chi connectivity index (χ2v) is 11.7. The van der Waals surface area contributed by atoms with Crippen LogP contribution >= 0.6 is 43.2 Å². The summed E-state index contributed by atoms with van der Waals surface area (Å²) < 4.78 is 2.43. The lowest BCUT2D eigenvalue weighted by Gasteiger charge is -2.02. The maximum atomic E-state index is 3.72. The molecule has 0 saturated carbocycles. The van der Waals surface area contributed by atoms with E-state index in [1.165, 1.54) is 74.1 Å². The molecule has 0 saturated heterocycles. The number of benzene rings is 3. The summed E-state index contributed by atoms with van der Waals surface area (Å²) in [6, 6.07) is 28.1. The minimum atomic E-state index is 1.12. The van der Waals surface area contributed by atoms with Crippen molar-refractivity contribution in [1.82, 2.24) is 0 Å². The van der Waals surface area contributed by atoms with Crippen molar-refractivity contribution in [2.75, 3.05) is 0 Å². The number of halogens is 2. The van der Waals surface area contributed by atoms with Gasteiger partial charge in [-0.05, 0) is 83.1 Å². The van der Waals surface area contributed by atoms with Gasteiger partial charge in [-0.3, -0.25) is 0 Å². The van der Waals surface area contributed by atoms with Crippen molar-refractivity contribution in [2.45, 2.75) is 52.9 Å². The van der Waals surface area contributed by atoms with Crippen LogP contribution in [0.2, 0.25) is 0 Å². The summed E-state index contributed by atoms with van der Waals surface area (Å²) in [5.74, 6) is 0. The third kappa shape index (κ3) is 8.24. The van der Waals surface area contributed by atoms with Crippen molar-refractivity contribution in [2.24, 2.45) is 0 Å². The van der Waals surface area contributed by atoms with E-state index in [1.807, 2.05) is 17.4 Å². The zero-order chi connectivity index (χ0) is 23.6. The summed E-state index contributed by atoms with van der Waals surface area (Å²) in [6.45, 7) is 6.49. The van der Waals surface area contributed by atoms with Crippen molar-refractivity contribution < 1.29 is 0 Å². The van der Waals surface area contributed by atoms with E-state index in [0.717, 1.165) is 4.47 Å². The fourth-order valence-corrected chi connectivity index (χ4v) is 5.77. The Morgan fingerprint density at radius 2 is 1.30 bits per heavy atom. The maximum absolute atomic E-state index is 3.72. The maximum Gasteiger partial charge on any atom is 0.0737 e. The standard InChI is InChI=1S/C17H21BrS.C13H11Br/c1-3-4-5-6-7-15-12-16(19-17(15)18)14-10-8-13(2)9-11-14;1-10-5-7-11(8-6-10)12-3-2-4-13(14)9-12/h8-12H,3-7H2,1-2H3;2-9H,1H3. The van der Waals surface area contributed by atoms with E-state index in [9.17, 15) is 0 Å². The van der Waals surface area contributed by atoms with Gasteiger partial charge in [-0.25, -0.2) is 0 Å². The van der Waals surface area contributed by atoms with Gasteiger partial charge in [0.05, 0.1) is 3.79 Å². The molecule has 0 bridgehead atoms. The highest BCUT2D eigenvalue weighted by Crippen LogP contribution is 2.36. The molecule has 3 heteroatoms. The number of rotatable bonds is 7. The molecule has 0 atom stereocenters. The van der Waals surface area contributed by atoms with Crippen LogP contribution in [-0.2, 0) is 6.42 Å². The summed E-state index contributed by atoms with van der Waals surface area (Å²) >= 11 is 9.04. The minimum absolute atomic E-state index is 1.12. The Kier molecular flexibility index (Phi) is 10.4. The van der Waals surface area contributed by atoms with Gasteiger partial charge in [0.1, 0.15) is 0 Å². The first-order chi connectivity index (χ1) is 16.0. The smallest absolute Gasteiger partial charge is 0.0737 e. The molecular weight excluding hydrogens is 552 g/mol. The molecule has 0 fully saturated rings. The Morgan fingerprint density at radius 3 is 1.91 bits per heavy atom. The van der Waals surface area contributed by atoms with Crippen LogP contribution in [0, 0.1) is 13.8 Å². The minimum Gasteiger partial charge on any atom is -0.128 e. The van der Waals surface area contributed by atoms with Gasteiger partial charge in [-0.1, -0.05) is 114 Å². The Labute approximate surface area is 220 Å². The molecule has 0 aliphatic carbocycles. The average molecular weight is 584 g/mol. The predicted molar refractivity (Wildman–Crippen MR) is 154 cm³/mol. The molecular formula is C30H32Br2S. The van der Waals surface area contributed by atoms with E-state index >= 15 is 0 Å². The first kappa shape index (κ1) is 25.9. The number of hydrogen-bond acceptors (Lipinski definition) is 1. The molecule has 172 valence electrons. The van der Waals surface area contributed by atoms with E-state index in [1.54, 1.807) is 0 Å². The van der Waals surface area contributed by atoms with Crippen molar-refractivity contribution in [3.63, 3.8) is 0 Å². The van der Waals surface area contributed by atoms with Gasteiger partial charge in [0, 0.05) is 9.35 Å². The summed E-state index contributed by atoms with van der Waals surface area (Å²) in [6.07, 6.45) is 6.50. The second kappa shape index (κ2) is 13.3. The third-order valence-corrected chi connectivity index (χ3v) is 8.11. The van der Waals surface area contributed by atoms with E-state index in [4.69, 9.17) is 0 Å². The zero-order valence-corrected chi connectivity index (χ0v) is 23.7. The Balaban J connectivity index is 0.000000194. The van der Waals surface area contributed by atoms with Crippen LogP contribution in [0.1, 0.15) is 49.3 Å². The molecule has 0 aliphatic rings. The van der Waals surface area contributed by atoms with Crippen LogP contribution in [-0.4, -0.2) is 0 Å². The van der Waals surface area contributed by atoms with E-state index in [-0.39, 0.29) is 0 Å². The quantitative estimate of drug-likeness (QED) is 0.190. The topological polar surface area (TPSA) is 0 Å². The summed E-state index contributed by atoms with van der Waals surface area (Å²) in [5.41, 5.74) is 7.92. The molecule has 4 rings (SSSR count). The van der Waals surface area contributed by atoms with Crippen LogP contribution in [0.5, 0.6) is 0 Å². The van der Waals surface area contributed by atoms with Crippen LogP contribution in [0.3, 0.4) is 0 Å². The second-order valence-electron chi connectivity index (χ2n) is 8.46. The average Bonchev–Trinajstić information content (AvgIpc) is 3.18. The van der Waals surface area contributed by atoms with Gasteiger partial charge in [-0.15, -0.1) is 11.3 Å². The Bertz CT molecular complexity index is 1120. The zero-order valence-electron chi connectivity index (χ0n) is 19.7. The molecule has 1 aromatic heterocycles. The molecule has 3 aromatic carbocycles. The molecule has 4 aromatic rings. The first-order valence-corrected chi connectivity index (χ1v) is 14.0. The van der Waals surface area contributed by atoms with E-state index in [0.29, 0.717) is 0 Å². The molecule has 33 heavy (non-hydrogen) atoms. The third-order valence-electron chi connectivity index (χ3n) is 5.60. The Morgan fingerprint density at radius 1 is 0.667 bits per heavy atom. The SMILES string of the molecule is CCCCCCc1cc(-c2ccc(C)cc2)sc1Br.Cc1ccc(-c2cccc(Br)c2)cc1. The molecule has 1 heterocycles. The van der Waals surface area contributed by atoms with Gasteiger partial charge < -0.3 is 0 Å². The molecule has 0 radical (unpaired) electrons. The van der Waals surface area contributed by atoms with Crippen LogP contribution in [0.25, 0.3) is 21.6 Å². The van der Waals surface area contributed by atoms with Gasteiger partial charge in [0.2, 0.25) is 0 Å². The summed E-state index contributed by atoms with van der Waals surface area (Å²) in [7, 11) is 0. The highest BCUT2D eigenvalue weighted by atomic mass is 79.9. The molecule has 0 aliphatic heterocycles. The van der Waals surface area contributed by atoms with Gasteiger partial charge in [0.25, 0.3) is 0 Å². The largest absolute Gasteiger partial charge is 0.128 e. The van der Waals surface area contributed by atoms with Gasteiger partial charge in [0.15, 0.2) is 0 Å². The lowest BCUT2D eigenvalue weighted by molar-refractivity contribution is 0.667. The highest BCUT2D eigenvalue weighted by molar-refractivity contribution is 9.11. The lowest BCUT2D eigenvalue weighted by atomic mass is 10.0. The fourth-order valence-electron chi connectivity index (χ4n) is 3.59. The number of hydrogen-bond donors (Lipinski definition) is 0. The van der Waals surface area contributed by atoms with Gasteiger partial charge >= 0.3 is 0 Å². The van der Waals surface area contributed by atoms with Crippen molar-refractivity contribution in [3.8, 4) is 21.6 Å². The summed E-state index contributed by atoms with van der Waals surface area (Å²) in [4.78, 5) is 1.37. The molecule has 0 N–H and O–H groups in total. The van der Waals surface area contributed by atoms with E-state index < -0.39 is 0 Å². The monoisotopic (exact) mass is 582 g/mol. The normalized spacial score (nSPS) is 10.6. The van der Waals surface area contributed by atoms with Crippen molar-refractivity contribution in [1.29, 1.82) is 0 Å².